The molecule has 0 saturated heterocycles. The summed E-state index contributed by atoms with van der Waals surface area (Å²) in [5.74, 6) is 0. The average molecular weight is 423 g/mol. The maximum atomic E-state index is 9.79. The molecule has 0 fully saturated rings. The molecule has 2 heterocycles. The van der Waals surface area contributed by atoms with Gasteiger partial charge in [0.25, 0.3) is 0 Å². The Morgan fingerprint density at radius 2 is 1.46 bits per heavy atom. The van der Waals surface area contributed by atoms with Crippen molar-refractivity contribution in [1.82, 2.24) is 0 Å². The Morgan fingerprint density at radius 1 is 1.00 bits per heavy atom. The van der Waals surface area contributed by atoms with Gasteiger partial charge in [0.1, 0.15) is 6.10 Å². The summed E-state index contributed by atoms with van der Waals surface area (Å²) in [7, 11) is 0. The van der Waals surface area contributed by atoms with Crippen LogP contribution in [0.3, 0.4) is 0 Å². The van der Waals surface area contributed by atoms with E-state index in [1.807, 2.05) is 35.0 Å². The molecule has 0 aliphatic rings. The molecule has 4 heteroatoms. The molecule has 2 aromatic heterocycles. The second-order valence-electron chi connectivity index (χ2n) is 2.43. The third kappa shape index (κ3) is 2.87. The van der Waals surface area contributed by atoms with Gasteiger partial charge in [-0.25, -0.2) is 0 Å². The molecule has 0 amide bonds. The van der Waals surface area contributed by atoms with E-state index in [4.69, 9.17) is 0 Å². The molecule has 0 atom stereocenters. The minimum absolute atomic E-state index is 0. The third-order valence-electron chi connectivity index (χ3n) is 1.63. The van der Waals surface area contributed by atoms with Crippen LogP contribution in [-0.4, -0.2) is 5.11 Å². The van der Waals surface area contributed by atoms with E-state index in [9.17, 15) is 5.11 Å². The van der Waals surface area contributed by atoms with E-state index in [1.165, 1.54) is 0 Å². The zero-order valence-corrected chi connectivity index (χ0v) is 13.3. The van der Waals surface area contributed by atoms with Crippen LogP contribution in [0.25, 0.3) is 0 Å². The smallest absolute Gasteiger partial charge is 0.122 e. The first-order valence-corrected chi connectivity index (χ1v) is 5.39. The van der Waals surface area contributed by atoms with E-state index in [1.54, 1.807) is 22.7 Å². The number of hydrogen-bond donors (Lipinski definition) is 1. The van der Waals surface area contributed by atoms with E-state index < -0.39 is 6.10 Å². The molecule has 1 nitrogen and oxygen atoms in total. The Kier molecular flexibility index (Phi) is 5.14. The average Bonchev–Trinajstić information content (AvgIpc) is 2.77. The molecule has 2 rings (SSSR count). The van der Waals surface area contributed by atoms with E-state index in [0.29, 0.717) is 0 Å². The Hall–Kier alpha value is 0.802. The van der Waals surface area contributed by atoms with Crippen molar-refractivity contribution >= 4 is 22.7 Å². The second-order valence-corrected chi connectivity index (χ2v) is 4.39. The monoisotopic (exact) mass is 423 g/mol. The van der Waals surface area contributed by atoms with Crippen LogP contribution in [0.2, 0.25) is 0 Å². The summed E-state index contributed by atoms with van der Waals surface area (Å²) in [6, 6.07) is 7.82. The van der Waals surface area contributed by atoms with Crippen molar-refractivity contribution in [2.24, 2.45) is 0 Å². The van der Waals surface area contributed by atoms with Gasteiger partial charge in [0.05, 0.1) is 0 Å². The molecule has 0 bridgehead atoms. The largest absolute Gasteiger partial charge is 0.382 e. The first-order valence-electron chi connectivity index (χ1n) is 3.63. The van der Waals surface area contributed by atoms with Crippen LogP contribution in [0.5, 0.6) is 0 Å². The van der Waals surface area contributed by atoms with Crippen molar-refractivity contribution in [1.29, 1.82) is 0 Å². The molecule has 0 unspecified atom stereocenters. The van der Waals surface area contributed by atoms with E-state index in [-0.39, 0.29) is 44.1 Å². The van der Waals surface area contributed by atoms with Gasteiger partial charge in [-0.05, 0) is 22.9 Å². The molecule has 13 heavy (non-hydrogen) atoms. The van der Waals surface area contributed by atoms with Crippen molar-refractivity contribution in [3.8, 4) is 0 Å². The Bertz CT molecular complexity index is 294. The SMILES string of the molecule is OC(c1cccs1)c1cccs1.[Ac]. The van der Waals surface area contributed by atoms with Crippen molar-refractivity contribution in [3.63, 3.8) is 0 Å². The van der Waals surface area contributed by atoms with Crippen molar-refractivity contribution in [2.45, 2.75) is 6.10 Å². The molecule has 0 aromatic carbocycles. The van der Waals surface area contributed by atoms with Gasteiger partial charge < -0.3 is 5.11 Å². The van der Waals surface area contributed by atoms with Gasteiger partial charge in [-0.15, -0.1) is 22.7 Å². The van der Waals surface area contributed by atoms with Crippen molar-refractivity contribution < 1.29 is 49.2 Å². The van der Waals surface area contributed by atoms with E-state index >= 15 is 0 Å². The van der Waals surface area contributed by atoms with Gasteiger partial charge in [0.15, 0.2) is 0 Å². The first-order chi connectivity index (χ1) is 5.88. The summed E-state index contributed by atoms with van der Waals surface area (Å²) in [6.45, 7) is 0. The molecule has 0 saturated carbocycles. The quantitative estimate of drug-likeness (QED) is 0.788. The summed E-state index contributed by atoms with van der Waals surface area (Å²) >= 11 is 3.17. The van der Waals surface area contributed by atoms with E-state index in [0.717, 1.165) is 9.75 Å². The maximum absolute atomic E-state index is 9.79. The number of thiophene rings is 2. The fourth-order valence-corrected chi connectivity index (χ4v) is 2.56. The minimum atomic E-state index is -0.426. The summed E-state index contributed by atoms with van der Waals surface area (Å²) < 4.78 is 0. The number of aliphatic hydroxyl groups excluding tert-OH is 1. The molecule has 1 N–H and O–H groups in total. The van der Waals surface area contributed by atoms with Crippen LogP contribution in [0.15, 0.2) is 35.0 Å². The topological polar surface area (TPSA) is 20.2 Å². The molecule has 2 aromatic rings. The Balaban J connectivity index is 0.000000845. The summed E-state index contributed by atoms with van der Waals surface area (Å²) in [5, 5.41) is 13.7. The van der Waals surface area contributed by atoms with Crippen LogP contribution in [0, 0.1) is 44.1 Å². The molecule has 65 valence electrons. The fourth-order valence-electron chi connectivity index (χ4n) is 1.03. The van der Waals surface area contributed by atoms with Gasteiger partial charge in [-0.1, -0.05) is 12.1 Å². The molecule has 1 radical (unpaired) electrons. The molecule has 0 aliphatic carbocycles. The van der Waals surface area contributed by atoms with Crippen LogP contribution < -0.4 is 0 Å². The van der Waals surface area contributed by atoms with E-state index in [2.05, 4.69) is 0 Å². The van der Waals surface area contributed by atoms with Gasteiger partial charge >= 0.3 is 0 Å². The molecular weight excluding hydrogens is 415 g/mol. The predicted octanol–water partition coefficient (Wildman–Crippen LogP) is 2.89. The first kappa shape index (κ1) is 11.9. The van der Waals surface area contributed by atoms with Gasteiger partial charge in [-0.2, -0.15) is 0 Å². The fraction of sp³-hybridized carbons (Fsp3) is 0.111. The third-order valence-corrected chi connectivity index (χ3v) is 3.47. The number of hydrogen-bond acceptors (Lipinski definition) is 3. The standard InChI is InChI=1S/C9H8OS2.Ac/c10-9(7-3-1-5-11-7)8-4-2-6-12-8;/h1-6,9-10H;. The summed E-state index contributed by atoms with van der Waals surface area (Å²) in [5.41, 5.74) is 0. The van der Waals surface area contributed by atoms with Gasteiger partial charge in [0.2, 0.25) is 0 Å². The van der Waals surface area contributed by atoms with Gasteiger partial charge in [0, 0.05) is 53.8 Å². The number of rotatable bonds is 2. The van der Waals surface area contributed by atoms with Crippen molar-refractivity contribution in [2.75, 3.05) is 0 Å². The summed E-state index contributed by atoms with van der Waals surface area (Å²) in [4.78, 5) is 2.02. The Morgan fingerprint density at radius 3 is 1.77 bits per heavy atom. The summed E-state index contributed by atoms with van der Waals surface area (Å²) in [6.07, 6.45) is -0.426. The minimum Gasteiger partial charge on any atom is -0.382 e. The van der Waals surface area contributed by atoms with Crippen molar-refractivity contribution in [3.05, 3.63) is 44.8 Å². The number of aliphatic hydroxyl groups is 1. The second kappa shape index (κ2) is 5.63. The zero-order valence-electron chi connectivity index (χ0n) is 6.88. The van der Waals surface area contributed by atoms with Gasteiger partial charge in [-0.3, -0.25) is 0 Å². The van der Waals surface area contributed by atoms with Crippen LogP contribution >= 0.6 is 22.7 Å². The maximum Gasteiger partial charge on any atom is 0.122 e. The Labute approximate surface area is 121 Å². The van der Waals surface area contributed by atoms with Crippen LogP contribution in [0.4, 0.5) is 0 Å². The zero-order chi connectivity index (χ0) is 8.39. The van der Waals surface area contributed by atoms with Crippen LogP contribution in [-0.2, 0) is 0 Å². The normalized spacial score (nSPS) is 10.0. The predicted molar refractivity (Wildman–Crippen MR) is 52.7 cm³/mol. The molecule has 0 aliphatic heterocycles. The molecule has 0 spiro atoms. The van der Waals surface area contributed by atoms with Crippen LogP contribution in [0.1, 0.15) is 15.9 Å². The molecular formula is C9H8AcOS2.